The molecule has 0 radical (unpaired) electrons. The Balaban J connectivity index is 0.00000320. The number of thioether (sulfide) groups is 1. The van der Waals surface area contributed by atoms with Gasteiger partial charge >= 0.3 is 0 Å². The van der Waals surface area contributed by atoms with Crippen molar-refractivity contribution in [2.24, 2.45) is 4.99 Å². The van der Waals surface area contributed by atoms with E-state index in [-0.39, 0.29) is 42.1 Å². The summed E-state index contributed by atoms with van der Waals surface area (Å²) in [6.45, 7) is 4.62. The first kappa shape index (κ1) is 25.2. The lowest BCUT2D eigenvalue weighted by molar-refractivity contribution is 0.444. The topological polar surface area (TPSA) is 89.6 Å². The molecule has 11 heteroatoms. The Morgan fingerprint density at radius 3 is 2.80 bits per heavy atom. The molecule has 1 saturated heterocycles. The summed E-state index contributed by atoms with van der Waals surface area (Å²) in [6, 6.07) is 4.70. The smallest absolute Gasteiger partial charge is 0.215 e. The zero-order valence-corrected chi connectivity index (χ0v) is 21.0. The number of sulfonamides is 1. The van der Waals surface area contributed by atoms with Crippen molar-refractivity contribution >= 4 is 62.6 Å². The van der Waals surface area contributed by atoms with Crippen molar-refractivity contribution in [3.63, 3.8) is 0 Å². The molecule has 0 aliphatic carbocycles. The molecule has 30 heavy (non-hydrogen) atoms. The van der Waals surface area contributed by atoms with Crippen molar-refractivity contribution in [1.29, 1.82) is 0 Å². The van der Waals surface area contributed by atoms with Gasteiger partial charge < -0.3 is 15.6 Å². The quantitative estimate of drug-likeness (QED) is 0.258. The Hall–Kier alpha value is -1.05. The largest absolute Gasteiger partial charge is 0.361 e. The molecule has 1 aromatic carbocycles. The number of nitrogens with zero attached hydrogens (tertiary/aromatic N) is 2. The number of aliphatic imine (C=N–C) groups is 1. The zero-order chi connectivity index (χ0) is 20.7. The van der Waals surface area contributed by atoms with Crippen LogP contribution in [0.15, 0.2) is 29.4 Å². The van der Waals surface area contributed by atoms with Gasteiger partial charge in [0.05, 0.1) is 12.3 Å². The molecule has 1 aromatic heterocycles. The third-order valence-corrected chi connectivity index (χ3v) is 7.54. The zero-order valence-electron chi connectivity index (χ0n) is 17.0. The number of aromatic nitrogens is 1. The van der Waals surface area contributed by atoms with E-state index in [2.05, 4.69) is 20.6 Å². The van der Waals surface area contributed by atoms with Crippen molar-refractivity contribution in [3.8, 4) is 0 Å². The first-order valence-corrected chi connectivity index (χ1v) is 12.6. The molecule has 7 nitrogen and oxygen atoms in total. The van der Waals surface area contributed by atoms with E-state index in [1.807, 2.05) is 13.1 Å². The van der Waals surface area contributed by atoms with Gasteiger partial charge in [0, 0.05) is 54.8 Å². The molecule has 0 spiro atoms. The van der Waals surface area contributed by atoms with Gasteiger partial charge in [-0.3, -0.25) is 4.99 Å². The van der Waals surface area contributed by atoms with Crippen LogP contribution < -0.4 is 10.6 Å². The lowest BCUT2D eigenvalue weighted by Gasteiger charge is -2.25. The first-order valence-electron chi connectivity index (χ1n) is 9.83. The molecule has 3 rings (SSSR count). The summed E-state index contributed by atoms with van der Waals surface area (Å²) >= 11 is 1.78. The minimum absolute atomic E-state index is 0. The third kappa shape index (κ3) is 6.99. The van der Waals surface area contributed by atoms with Crippen LogP contribution in [0.3, 0.4) is 0 Å². The van der Waals surface area contributed by atoms with Crippen LogP contribution in [0.5, 0.6) is 0 Å². The maximum atomic E-state index is 13.5. The van der Waals surface area contributed by atoms with Crippen LogP contribution >= 0.6 is 35.7 Å². The van der Waals surface area contributed by atoms with Gasteiger partial charge in [0.15, 0.2) is 5.96 Å². The van der Waals surface area contributed by atoms with E-state index in [4.69, 9.17) is 0 Å². The summed E-state index contributed by atoms with van der Waals surface area (Å²) in [5, 5.41) is 7.23. The van der Waals surface area contributed by atoms with Crippen molar-refractivity contribution in [2.75, 3.05) is 50.0 Å². The van der Waals surface area contributed by atoms with E-state index in [9.17, 15) is 12.8 Å². The molecule has 2 heterocycles. The Bertz CT molecular complexity index is 946. The molecule has 3 N–H and O–H groups in total. The summed E-state index contributed by atoms with van der Waals surface area (Å²) in [6.07, 6.45) is 2.58. The molecule has 168 valence electrons. The average molecular weight is 570 g/mol. The fourth-order valence-corrected chi connectivity index (χ4v) is 5.69. The number of fused-ring (bicyclic) bond motifs is 1. The molecule has 1 aliphatic heterocycles. The van der Waals surface area contributed by atoms with E-state index in [1.165, 1.54) is 12.1 Å². The summed E-state index contributed by atoms with van der Waals surface area (Å²) in [4.78, 5) is 7.55. The highest BCUT2D eigenvalue weighted by Gasteiger charge is 2.23. The second-order valence-corrected chi connectivity index (χ2v) is 10.1. The minimum Gasteiger partial charge on any atom is -0.361 e. The molecule has 0 saturated carbocycles. The number of aromatic amines is 1. The Morgan fingerprint density at radius 1 is 1.30 bits per heavy atom. The SMILES string of the molecule is CCNC(=NCCS(=O)(=O)N1CCSCC1)NCCc1c[nH]c2ccc(F)cc12.I. The fourth-order valence-electron chi connectivity index (χ4n) is 3.24. The Kier molecular flexibility index (Phi) is 10.2. The highest BCUT2D eigenvalue weighted by molar-refractivity contribution is 14.0. The molecule has 1 fully saturated rings. The molecular weight excluding hydrogens is 540 g/mol. The highest BCUT2D eigenvalue weighted by atomic mass is 127. The van der Waals surface area contributed by atoms with Crippen molar-refractivity contribution in [1.82, 2.24) is 19.9 Å². The Labute approximate surface area is 198 Å². The van der Waals surface area contributed by atoms with Gasteiger partial charge in [0.2, 0.25) is 10.0 Å². The number of nitrogens with one attached hydrogen (secondary N) is 3. The van der Waals surface area contributed by atoms with Gasteiger partial charge in [-0.25, -0.2) is 17.1 Å². The number of hydrogen-bond donors (Lipinski definition) is 3. The third-order valence-electron chi connectivity index (χ3n) is 4.74. The Morgan fingerprint density at radius 2 is 2.07 bits per heavy atom. The standard InChI is InChI=1S/C19H28FN5O2S2.HI/c1-2-21-19(23-7-12-29(26,27)25-8-10-28-11-9-25)22-6-5-15-14-24-18-4-3-16(20)13-17(15)18;/h3-4,13-14,24H,2,5-12H2,1H3,(H2,21,22,23);1H. The van der Waals surface area contributed by atoms with Crippen molar-refractivity contribution in [3.05, 3.63) is 35.8 Å². The van der Waals surface area contributed by atoms with Crippen LogP contribution in [-0.2, 0) is 16.4 Å². The van der Waals surface area contributed by atoms with Crippen molar-refractivity contribution < 1.29 is 12.8 Å². The monoisotopic (exact) mass is 569 g/mol. The number of rotatable bonds is 8. The van der Waals surface area contributed by atoms with E-state index >= 15 is 0 Å². The molecule has 0 bridgehead atoms. The first-order chi connectivity index (χ1) is 14.0. The maximum absolute atomic E-state index is 13.5. The predicted molar refractivity (Wildman–Crippen MR) is 134 cm³/mol. The summed E-state index contributed by atoms with van der Waals surface area (Å²) in [5.41, 5.74) is 1.93. The molecule has 1 aliphatic rings. The van der Waals surface area contributed by atoms with E-state index in [1.54, 1.807) is 22.1 Å². The molecular formula is C19H29FIN5O2S2. The molecule has 0 unspecified atom stereocenters. The van der Waals surface area contributed by atoms with Crippen LogP contribution in [0.25, 0.3) is 10.9 Å². The summed E-state index contributed by atoms with van der Waals surface area (Å²) in [5.74, 6) is 2.04. The lowest BCUT2D eigenvalue weighted by atomic mass is 10.1. The number of guanidine groups is 1. The van der Waals surface area contributed by atoms with Gasteiger partial charge in [-0.15, -0.1) is 24.0 Å². The lowest BCUT2D eigenvalue weighted by Crippen LogP contribution is -2.41. The van der Waals surface area contributed by atoms with Gasteiger partial charge in [0.25, 0.3) is 0 Å². The van der Waals surface area contributed by atoms with Crippen molar-refractivity contribution in [2.45, 2.75) is 13.3 Å². The fraction of sp³-hybridized carbons (Fsp3) is 0.526. The second-order valence-electron chi connectivity index (χ2n) is 6.77. The number of H-pyrrole nitrogens is 1. The minimum atomic E-state index is -3.26. The normalized spacial score (nSPS) is 15.7. The average Bonchev–Trinajstić information content (AvgIpc) is 3.10. The second kappa shape index (κ2) is 12.1. The molecule has 2 aromatic rings. The van der Waals surface area contributed by atoms with Crippen LogP contribution in [0, 0.1) is 5.82 Å². The van der Waals surface area contributed by atoms with E-state index < -0.39 is 10.0 Å². The van der Waals surface area contributed by atoms with Crippen LogP contribution in [0.1, 0.15) is 12.5 Å². The van der Waals surface area contributed by atoms with E-state index in [0.717, 1.165) is 28.0 Å². The van der Waals surface area contributed by atoms with Gasteiger partial charge in [-0.1, -0.05) is 0 Å². The number of hydrogen-bond acceptors (Lipinski definition) is 4. The maximum Gasteiger partial charge on any atom is 0.215 e. The summed E-state index contributed by atoms with van der Waals surface area (Å²) in [7, 11) is -3.26. The molecule has 0 amide bonds. The van der Waals surface area contributed by atoms with Crippen LogP contribution in [0.2, 0.25) is 0 Å². The van der Waals surface area contributed by atoms with Crippen LogP contribution in [0.4, 0.5) is 4.39 Å². The van der Waals surface area contributed by atoms with Gasteiger partial charge in [-0.2, -0.15) is 11.8 Å². The predicted octanol–water partition coefficient (Wildman–Crippen LogP) is 2.40. The number of benzene rings is 1. The van der Waals surface area contributed by atoms with Gasteiger partial charge in [-0.05, 0) is 37.1 Å². The van der Waals surface area contributed by atoms with E-state index in [0.29, 0.717) is 38.6 Å². The highest BCUT2D eigenvalue weighted by Crippen LogP contribution is 2.19. The van der Waals surface area contributed by atoms with Crippen LogP contribution in [-0.4, -0.2) is 73.6 Å². The number of halogens is 2. The van der Waals surface area contributed by atoms with Gasteiger partial charge in [0.1, 0.15) is 5.82 Å². The molecule has 0 atom stereocenters. The summed E-state index contributed by atoms with van der Waals surface area (Å²) < 4.78 is 39.9.